The fraction of sp³-hybridized carbons (Fsp3) is 0.286. The van der Waals surface area contributed by atoms with Crippen LogP contribution in [-0.2, 0) is 4.74 Å². The number of ether oxygens (including phenoxy) is 2. The Morgan fingerprint density at radius 1 is 1.12 bits per heavy atom. The molecular weight excluding hydrogens is 314 g/mol. The van der Waals surface area contributed by atoms with E-state index in [1.165, 1.54) is 5.57 Å². The number of hydrogen-bond donors (Lipinski definition) is 0. The molecule has 1 heterocycles. The van der Waals surface area contributed by atoms with Crippen molar-refractivity contribution in [3.8, 4) is 5.75 Å². The van der Waals surface area contributed by atoms with E-state index < -0.39 is 0 Å². The van der Waals surface area contributed by atoms with Gasteiger partial charge in [0.15, 0.2) is 12.2 Å². The number of nitrogens with zero attached hydrogens (tertiary/aromatic N) is 1. The van der Waals surface area contributed by atoms with E-state index in [-0.39, 0.29) is 12.2 Å². The summed E-state index contributed by atoms with van der Waals surface area (Å²) in [4.78, 5) is 11.5. The molecule has 0 aliphatic carbocycles. The summed E-state index contributed by atoms with van der Waals surface area (Å²) >= 11 is 0. The Bertz CT molecular complexity index is 801. The van der Waals surface area contributed by atoms with Gasteiger partial charge in [-0.05, 0) is 51.5 Å². The summed E-state index contributed by atoms with van der Waals surface area (Å²) < 4.78 is 13.0. The van der Waals surface area contributed by atoms with Crippen LogP contribution in [0.5, 0.6) is 5.75 Å². The predicted octanol–water partition coefficient (Wildman–Crippen LogP) is 4.41. The predicted molar refractivity (Wildman–Crippen MR) is 103 cm³/mol. The smallest absolute Gasteiger partial charge is 0.189 e. The fourth-order valence-electron chi connectivity index (χ4n) is 2.36. The Kier molecular flexibility index (Phi) is 6.78. The van der Waals surface area contributed by atoms with E-state index >= 15 is 0 Å². The van der Waals surface area contributed by atoms with Gasteiger partial charge in [-0.3, -0.25) is 4.79 Å². The van der Waals surface area contributed by atoms with Gasteiger partial charge in [0.1, 0.15) is 5.75 Å². The minimum atomic E-state index is 0.0307. The zero-order valence-electron chi connectivity index (χ0n) is 15.3. The first kappa shape index (κ1) is 18.7. The topological polar surface area (TPSA) is 40.5 Å². The highest BCUT2D eigenvalue weighted by Crippen LogP contribution is 2.15. The molecule has 0 amide bonds. The SMILES string of the molecule is CC(C)=CCOCOc1cccc(/C=C/n2c(C)cc(=O)cc2C)c1. The molecule has 2 aromatic rings. The highest BCUT2D eigenvalue weighted by atomic mass is 16.7. The molecule has 0 radical (unpaired) electrons. The summed E-state index contributed by atoms with van der Waals surface area (Å²) in [6.07, 6.45) is 5.95. The lowest BCUT2D eigenvalue weighted by Crippen LogP contribution is -2.08. The molecular formula is C21H25NO3. The van der Waals surface area contributed by atoms with E-state index in [1.54, 1.807) is 12.1 Å². The van der Waals surface area contributed by atoms with Crippen LogP contribution in [0.2, 0.25) is 0 Å². The number of aryl methyl sites for hydroxylation is 2. The zero-order chi connectivity index (χ0) is 18.2. The molecule has 4 nitrogen and oxygen atoms in total. The van der Waals surface area contributed by atoms with Crippen molar-refractivity contribution in [2.24, 2.45) is 0 Å². The van der Waals surface area contributed by atoms with Crippen molar-refractivity contribution in [2.45, 2.75) is 27.7 Å². The van der Waals surface area contributed by atoms with Crippen LogP contribution < -0.4 is 10.2 Å². The van der Waals surface area contributed by atoms with Crippen LogP contribution in [-0.4, -0.2) is 18.0 Å². The molecule has 0 atom stereocenters. The largest absolute Gasteiger partial charge is 0.468 e. The summed E-state index contributed by atoms with van der Waals surface area (Å²) in [6.45, 7) is 8.67. The van der Waals surface area contributed by atoms with Crippen LogP contribution in [0, 0.1) is 13.8 Å². The van der Waals surface area contributed by atoms with Gasteiger partial charge in [0.2, 0.25) is 0 Å². The highest BCUT2D eigenvalue weighted by Gasteiger charge is 1.99. The van der Waals surface area contributed by atoms with Crippen molar-refractivity contribution < 1.29 is 9.47 Å². The molecule has 4 heteroatoms. The molecule has 0 N–H and O–H groups in total. The standard InChI is InChI=1S/C21H25NO3/c1-16(2)9-11-24-15-25-21-7-5-6-19(14-21)8-10-22-17(3)12-20(23)13-18(22)4/h5-10,12-14H,11,15H2,1-4H3/b10-8+. The lowest BCUT2D eigenvalue weighted by Gasteiger charge is -2.09. The van der Waals surface area contributed by atoms with Crippen LogP contribution >= 0.6 is 0 Å². The van der Waals surface area contributed by atoms with Crippen molar-refractivity contribution in [1.82, 2.24) is 4.57 Å². The monoisotopic (exact) mass is 339 g/mol. The van der Waals surface area contributed by atoms with E-state index in [2.05, 4.69) is 0 Å². The molecule has 0 bridgehead atoms. The third-order valence-corrected chi connectivity index (χ3v) is 3.65. The molecule has 0 spiro atoms. The molecule has 0 saturated carbocycles. The summed E-state index contributed by atoms with van der Waals surface area (Å²) in [5, 5.41) is 0. The number of aromatic nitrogens is 1. The first-order chi connectivity index (χ1) is 12.0. The van der Waals surface area contributed by atoms with Gasteiger partial charge in [-0.2, -0.15) is 0 Å². The zero-order valence-corrected chi connectivity index (χ0v) is 15.3. The van der Waals surface area contributed by atoms with Crippen LogP contribution in [0.4, 0.5) is 0 Å². The van der Waals surface area contributed by atoms with Crippen molar-refractivity contribution in [3.63, 3.8) is 0 Å². The Morgan fingerprint density at radius 2 is 1.84 bits per heavy atom. The van der Waals surface area contributed by atoms with Gasteiger partial charge in [0.05, 0.1) is 6.61 Å². The maximum atomic E-state index is 11.5. The Balaban J connectivity index is 2.02. The van der Waals surface area contributed by atoms with Crippen molar-refractivity contribution in [1.29, 1.82) is 0 Å². The first-order valence-electron chi connectivity index (χ1n) is 8.27. The minimum Gasteiger partial charge on any atom is -0.468 e. The summed E-state index contributed by atoms with van der Waals surface area (Å²) in [7, 11) is 0. The lowest BCUT2D eigenvalue weighted by molar-refractivity contribution is 0.0304. The molecule has 1 aromatic heterocycles. The maximum absolute atomic E-state index is 11.5. The molecule has 0 unspecified atom stereocenters. The molecule has 132 valence electrons. The highest BCUT2D eigenvalue weighted by molar-refractivity contribution is 5.62. The van der Waals surface area contributed by atoms with E-state index in [4.69, 9.17) is 9.47 Å². The average molecular weight is 339 g/mol. The van der Waals surface area contributed by atoms with Crippen molar-refractivity contribution >= 4 is 12.3 Å². The number of benzene rings is 1. The van der Waals surface area contributed by atoms with Crippen molar-refractivity contribution in [2.75, 3.05) is 13.4 Å². The number of hydrogen-bond acceptors (Lipinski definition) is 3. The lowest BCUT2D eigenvalue weighted by atomic mass is 10.2. The third kappa shape index (κ3) is 6.08. The molecule has 1 aromatic carbocycles. The van der Waals surface area contributed by atoms with Crippen molar-refractivity contribution in [3.05, 3.63) is 75.2 Å². The summed E-state index contributed by atoms with van der Waals surface area (Å²) in [5.74, 6) is 0.757. The molecule has 0 aliphatic rings. The summed E-state index contributed by atoms with van der Waals surface area (Å²) in [5.41, 5.74) is 4.07. The van der Waals surface area contributed by atoms with Crippen LogP contribution in [0.3, 0.4) is 0 Å². The van der Waals surface area contributed by atoms with E-state index in [0.717, 1.165) is 22.7 Å². The second-order valence-electron chi connectivity index (χ2n) is 6.15. The number of rotatable bonds is 7. The summed E-state index contributed by atoms with van der Waals surface area (Å²) in [6, 6.07) is 11.0. The molecule has 0 aliphatic heterocycles. The van der Waals surface area contributed by atoms with Crippen LogP contribution in [0.15, 0.2) is 52.8 Å². The minimum absolute atomic E-state index is 0.0307. The van der Waals surface area contributed by atoms with Gasteiger partial charge in [-0.25, -0.2) is 0 Å². The Morgan fingerprint density at radius 3 is 2.52 bits per heavy atom. The number of pyridine rings is 1. The maximum Gasteiger partial charge on any atom is 0.189 e. The van der Waals surface area contributed by atoms with Gasteiger partial charge < -0.3 is 14.0 Å². The number of allylic oxidation sites excluding steroid dienone is 1. The van der Waals surface area contributed by atoms with E-state index in [0.29, 0.717) is 6.61 Å². The van der Waals surface area contributed by atoms with Gasteiger partial charge in [-0.15, -0.1) is 0 Å². The third-order valence-electron chi connectivity index (χ3n) is 3.65. The molecule has 0 saturated heterocycles. The first-order valence-corrected chi connectivity index (χ1v) is 8.27. The molecule has 25 heavy (non-hydrogen) atoms. The second kappa shape index (κ2) is 9.04. The van der Waals surface area contributed by atoms with Crippen LogP contribution in [0.25, 0.3) is 12.3 Å². The Hall–Kier alpha value is -2.59. The van der Waals surface area contributed by atoms with E-state index in [9.17, 15) is 4.79 Å². The average Bonchev–Trinajstić information content (AvgIpc) is 2.53. The molecule has 0 fully saturated rings. The van der Waals surface area contributed by atoms with Gasteiger partial charge in [0.25, 0.3) is 0 Å². The van der Waals surface area contributed by atoms with Crippen LogP contribution in [0.1, 0.15) is 30.8 Å². The second-order valence-corrected chi connectivity index (χ2v) is 6.15. The quantitative estimate of drug-likeness (QED) is 0.426. The fourth-order valence-corrected chi connectivity index (χ4v) is 2.36. The van der Waals surface area contributed by atoms with E-state index in [1.807, 2.05) is 74.9 Å². The van der Waals surface area contributed by atoms with Gasteiger partial charge in [-0.1, -0.05) is 23.8 Å². The van der Waals surface area contributed by atoms with Gasteiger partial charge in [0, 0.05) is 29.7 Å². The normalized spacial score (nSPS) is 10.9. The van der Waals surface area contributed by atoms with Gasteiger partial charge >= 0.3 is 0 Å². The Labute approximate surface area is 149 Å². The molecule has 2 rings (SSSR count).